The van der Waals surface area contributed by atoms with Gasteiger partial charge in [-0.3, -0.25) is 0 Å². The van der Waals surface area contributed by atoms with E-state index in [0.717, 1.165) is 5.92 Å². The Kier molecular flexibility index (Phi) is 6.83. The van der Waals surface area contributed by atoms with Crippen LogP contribution in [0.1, 0.15) is 46.5 Å². The maximum Gasteiger partial charge on any atom is 0.00418 e. The van der Waals surface area contributed by atoms with E-state index in [0.29, 0.717) is 6.04 Å². The van der Waals surface area contributed by atoms with E-state index in [1.54, 1.807) is 0 Å². The second kappa shape index (κ2) is 7.88. The SMILES string of the molecule is CC(C)=CCC[C@@H](C)NC[C@@H]1CCCN(C)C1. The molecule has 17 heavy (non-hydrogen) atoms. The van der Waals surface area contributed by atoms with Crippen LogP contribution in [-0.2, 0) is 0 Å². The molecule has 1 heterocycles. The monoisotopic (exact) mass is 238 g/mol. The quantitative estimate of drug-likeness (QED) is 0.716. The number of likely N-dealkylation sites (tertiary alicyclic amines) is 1. The molecule has 2 heteroatoms. The highest BCUT2D eigenvalue weighted by molar-refractivity contribution is 4.93. The largest absolute Gasteiger partial charge is 0.314 e. The van der Waals surface area contributed by atoms with Crippen LogP contribution in [0.5, 0.6) is 0 Å². The van der Waals surface area contributed by atoms with Crippen LogP contribution in [0.25, 0.3) is 0 Å². The summed E-state index contributed by atoms with van der Waals surface area (Å²) in [7, 11) is 2.24. The molecule has 1 fully saturated rings. The average Bonchev–Trinajstić information content (AvgIpc) is 2.26. The minimum absolute atomic E-state index is 0.651. The van der Waals surface area contributed by atoms with Crippen LogP contribution < -0.4 is 5.32 Å². The van der Waals surface area contributed by atoms with Gasteiger partial charge in [0.1, 0.15) is 0 Å². The van der Waals surface area contributed by atoms with Crippen molar-refractivity contribution in [3.8, 4) is 0 Å². The predicted molar refractivity (Wildman–Crippen MR) is 76.4 cm³/mol. The molecule has 0 unspecified atom stereocenters. The molecule has 0 aromatic rings. The molecule has 1 rings (SSSR count). The smallest absolute Gasteiger partial charge is 0.00418 e. The van der Waals surface area contributed by atoms with Crippen LogP contribution in [0.4, 0.5) is 0 Å². The number of hydrogen-bond acceptors (Lipinski definition) is 2. The van der Waals surface area contributed by atoms with E-state index in [-0.39, 0.29) is 0 Å². The first kappa shape index (κ1) is 14.7. The van der Waals surface area contributed by atoms with Crippen LogP contribution in [0, 0.1) is 5.92 Å². The third-order valence-electron chi connectivity index (χ3n) is 3.63. The highest BCUT2D eigenvalue weighted by atomic mass is 15.1. The first-order valence-corrected chi connectivity index (χ1v) is 7.13. The van der Waals surface area contributed by atoms with Gasteiger partial charge in [-0.2, -0.15) is 0 Å². The molecular weight excluding hydrogens is 208 g/mol. The molecule has 1 N–H and O–H groups in total. The van der Waals surface area contributed by atoms with Crippen LogP contribution >= 0.6 is 0 Å². The Balaban J connectivity index is 2.10. The predicted octanol–water partition coefficient (Wildman–Crippen LogP) is 3.05. The Hall–Kier alpha value is -0.340. The van der Waals surface area contributed by atoms with Gasteiger partial charge in [0, 0.05) is 12.6 Å². The van der Waals surface area contributed by atoms with Crippen LogP contribution in [0.15, 0.2) is 11.6 Å². The molecule has 2 nitrogen and oxygen atoms in total. The molecule has 0 amide bonds. The van der Waals surface area contributed by atoms with E-state index < -0.39 is 0 Å². The van der Waals surface area contributed by atoms with E-state index >= 15 is 0 Å². The maximum atomic E-state index is 3.69. The molecule has 1 saturated heterocycles. The lowest BCUT2D eigenvalue weighted by Gasteiger charge is -2.30. The Morgan fingerprint density at radius 3 is 2.88 bits per heavy atom. The van der Waals surface area contributed by atoms with Gasteiger partial charge in [-0.05, 0) is 72.5 Å². The highest BCUT2D eigenvalue weighted by Gasteiger charge is 2.17. The van der Waals surface area contributed by atoms with Crippen LogP contribution in [0.3, 0.4) is 0 Å². The van der Waals surface area contributed by atoms with Crippen molar-refractivity contribution in [2.75, 3.05) is 26.7 Å². The van der Waals surface area contributed by atoms with Gasteiger partial charge < -0.3 is 10.2 Å². The van der Waals surface area contributed by atoms with E-state index in [1.165, 1.54) is 50.9 Å². The lowest BCUT2D eigenvalue weighted by atomic mass is 9.98. The summed E-state index contributed by atoms with van der Waals surface area (Å²) in [5.41, 5.74) is 1.44. The van der Waals surface area contributed by atoms with Gasteiger partial charge in [-0.1, -0.05) is 11.6 Å². The number of allylic oxidation sites excluding steroid dienone is 2. The molecule has 0 aromatic heterocycles. The fraction of sp³-hybridized carbons (Fsp3) is 0.867. The van der Waals surface area contributed by atoms with Crippen molar-refractivity contribution in [3.05, 3.63) is 11.6 Å². The molecule has 0 aliphatic carbocycles. The molecule has 1 aliphatic rings. The fourth-order valence-electron chi connectivity index (χ4n) is 2.53. The summed E-state index contributed by atoms with van der Waals surface area (Å²) in [6.45, 7) is 10.4. The topological polar surface area (TPSA) is 15.3 Å². The molecule has 0 aromatic carbocycles. The fourth-order valence-corrected chi connectivity index (χ4v) is 2.53. The van der Waals surface area contributed by atoms with E-state index in [1.807, 2.05) is 0 Å². The van der Waals surface area contributed by atoms with Crippen molar-refractivity contribution >= 4 is 0 Å². The molecular formula is C15H30N2. The van der Waals surface area contributed by atoms with Crippen molar-refractivity contribution in [1.82, 2.24) is 10.2 Å². The summed E-state index contributed by atoms with van der Waals surface area (Å²) in [5, 5.41) is 3.69. The third-order valence-corrected chi connectivity index (χ3v) is 3.63. The molecule has 100 valence electrons. The molecule has 2 atom stereocenters. The Morgan fingerprint density at radius 2 is 2.24 bits per heavy atom. The second-order valence-electron chi connectivity index (χ2n) is 5.94. The van der Waals surface area contributed by atoms with Gasteiger partial charge in [0.15, 0.2) is 0 Å². The van der Waals surface area contributed by atoms with Gasteiger partial charge >= 0.3 is 0 Å². The normalized spacial score (nSPS) is 23.4. The molecule has 0 spiro atoms. The summed E-state index contributed by atoms with van der Waals surface area (Å²) < 4.78 is 0. The highest BCUT2D eigenvalue weighted by Crippen LogP contribution is 2.14. The molecule has 0 saturated carbocycles. The molecule has 0 radical (unpaired) electrons. The average molecular weight is 238 g/mol. The minimum atomic E-state index is 0.651. The zero-order valence-corrected chi connectivity index (χ0v) is 12.1. The Bertz CT molecular complexity index is 231. The summed E-state index contributed by atoms with van der Waals surface area (Å²) >= 11 is 0. The minimum Gasteiger partial charge on any atom is -0.314 e. The molecule has 1 aliphatic heterocycles. The first-order valence-electron chi connectivity index (χ1n) is 7.13. The maximum absolute atomic E-state index is 3.69. The number of hydrogen-bond donors (Lipinski definition) is 1. The van der Waals surface area contributed by atoms with E-state index in [4.69, 9.17) is 0 Å². The summed E-state index contributed by atoms with van der Waals surface area (Å²) in [6.07, 6.45) is 7.58. The second-order valence-corrected chi connectivity index (χ2v) is 5.94. The summed E-state index contributed by atoms with van der Waals surface area (Å²) in [4.78, 5) is 2.46. The summed E-state index contributed by atoms with van der Waals surface area (Å²) in [5.74, 6) is 0.861. The number of rotatable bonds is 6. The standard InChI is InChI=1S/C15H30N2/c1-13(2)7-5-8-14(3)16-11-15-9-6-10-17(4)12-15/h7,14-16H,5-6,8-12H2,1-4H3/t14-,15+/m1/s1. The Labute approximate surface area is 107 Å². The lowest BCUT2D eigenvalue weighted by Crippen LogP contribution is -2.39. The van der Waals surface area contributed by atoms with Gasteiger partial charge in [-0.25, -0.2) is 0 Å². The van der Waals surface area contributed by atoms with Crippen molar-refractivity contribution in [2.45, 2.75) is 52.5 Å². The van der Waals surface area contributed by atoms with Crippen molar-refractivity contribution in [1.29, 1.82) is 0 Å². The van der Waals surface area contributed by atoms with Crippen LogP contribution in [0.2, 0.25) is 0 Å². The first-order chi connectivity index (χ1) is 8.08. The van der Waals surface area contributed by atoms with Crippen molar-refractivity contribution < 1.29 is 0 Å². The van der Waals surface area contributed by atoms with Crippen molar-refractivity contribution in [2.24, 2.45) is 5.92 Å². The van der Waals surface area contributed by atoms with E-state index in [2.05, 4.69) is 44.1 Å². The van der Waals surface area contributed by atoms with Gasteiger partial charge in [-0.15, -0.1) is 0 Å². The number of nitrogens with one attached hydrogen (secondary N) is 1. The van der Waals surface area contributed by atoms with Gasteiger partial charge in [0.2, 0.25) is 0 Å². The summed E-state index contributed by atoms with van der Waals surface area (Å²) in [6, 6.07) is 0.651. The zero-order chi connectivity index (χ0) is 12.7. The number of piperidine rings is 1. The molecule has 0 bridgehead atoms. The van der Waals surface area contributed by atoms with Gasteiger partial charge in [0.05, 0.1) is 0 Å². The number of nitrogens with zero attached hydrogens (tertiary/aromatic N) is 1. The van der Waals surface area contributed by atoms with E-state index in [9.17, 15) is 0 Å². The zero-order valence-electron chi connectivity index (χ0n) is 12.1. The van der Waals surface area contributed by atoms with Crippen LogP contribution in [-0.4, -0.2) is 37.6 Å². The third kappa shape index (κ3) is 6.85. The lowest BCUT2D eigenvalue weighted by molar-refractivity contribution is 0.203. The van der Waals surface area contributed by atoms with Gasteiger partial charge in [0.25, 0.3) is 0 Å². The van der Waals surface area contributed by atoms with Crippen molar-refractivity contribution in [3.63, 3.8) is 0 Å². The Morgan fingerprint density at radius 1 is 1.47 bits per heavy atom.